The number of hydrogen-bond acceptors (Lipinski definition) is 6. The Kier molecular flexibility index (Phi) is 5.14. The molecule has 2 fully saturated rings. The normalized spacial score (nSPS) is 20.9. The minimum atomic E-state index is -0.752. The highest BCUT2D eigenvalue weighted by atomic mass is 32.2. The number of carbonyl (C=O) groups is 2. The molecule has 0 radical (unpaired) electrons. The molecule has 150 valence electrons. The number of rotatable bonds is 5. The number of hydrogen-bond donors (Lipinski definition) is 0. The SMILES string of the molecule is Cc1cc(C(=O)/C(=C/N(C)C)C(=O)C2CC2)c(C)c2c1SCCC21OCCO1. The summed E-state index contributed by atoms with van der Waals surface area (Å²) in [5.74, 6) is -0.0642. The number of allylic oxidation sites excluding steroid dienone is 1. The molecule has 0 amide bonds. The standard InChI is InChI=1S/C22H27NO4S/c1-13-11-16(20(25)17(12-23(3)4)19(24)15-5-6-15)14(2)18-21(13)28-10-7-22(18)26-8-9-27-22/h11-12,15H,5-10H2,1-4H3/b17-12+. The van der Waals surface area contributed by atoms with Crippen LogP contribution in [0, 0.1) is 19.8 Å². The zero-order chi connectivity index (χ0) is 20.1. The number of carbonyl (C=O) groups excluding carboxylic acids is 2. The highest BCUT2D eigenvalue weighted by Crippen LogP contribution is 2.49. The number of aryl methyl sites for hydroxylation is 1. The van der Waals surface area contributed by atoms with Gasteiger partial charge in [-0.1, -0.05) is 0 Å². The molecule has 0 N–H and O–H groups in total. The maximum atomic E-state index is 13.5. The van der Waals surface area contributed by atoms with E-state index in [0.717, 1.165) is 46.6 Å². The molecule has 2 aliphatic heterocycles. The van der Waals surface area contributed by atoms with Gasteiger partial charge >= 0.3 is 0 Å². The summed E-state index contributed by atoms with van der Waals surface area (Å²) >= 11 is 1.79. The van der Waals surface area contributed by atoms with Gasteiger partial charge in [0, 0.05) is 54.4 Å². The Morgan fingerprint density at radius 1 is 1.21 bits per heavy atom. The van der Waals surface area contributed by atoms with E-state index in [1.807, 2.05) is 34.0 Å². The maximum Gasteiger partial charge on any atom is 0.198 e. The second-order valence-corrected chi connectivity index (χ2v) is 9.20. The van der Waals surface area contributed by atoms with Gasteiger partial charge in [0.1, 0.15) is 0 Å². The highest BCUT2D eigenvalue weighted by Gasteiger charge is 2.45. The van der Waals surface area contributed by atoms with Crippen molar-refractivity contribution in [1.82, 2.24) is 4.90 Å². The lowest BCUT2D eigenvalue weighted by Crippen LogP contribution is -2.33. The molecule has 1 saturated heterocycles. The van der Waals surface area contributed by atoms with Crippen molar-refractivity contribution >= 4 is 23.3 Å². The van der Waals surface area contributed by atoms with Gasteiger partial charge in [-0.2, -0.15) is 0 Å². The molecule has 28 heavy (non-hydrogen) atoms. The van der Waals surface area contributed by atoms with Crippen LogP contribution in [0.5, 0.6) is 0 Å². The number of ketones is 2. The van der Waals surface area contributed by atoms with Crippen molar-refractivity contribution < 1.29 is 19.1 Å². The first-order chi connectivity index (χ1) is 13.3. The molecule has 2 heterocycles. The molecule has 3 aliphatic rings. The van der Waals surface area contributed by atoms with E-state index in [-0.39, 0.29) is 23.1 Å². The van der Waals surface area contributed by atoms with Crippen LogP contribution >= 0.6 is 11.8 Å². The Labute approximate surface area is 170 Å². The van der Waals surface area contributed by atoms with Crippen LogP contribution in [-0.4, -0.2) is 49.5 Å². The minimum absolute atomic E-state index is 0.00224. The zero-order valence-corrected chi connectivity index (χ0v) is 17.8. The third-order valence-electron chi connectivity index (χ3n) is 5.63. The lowest BCUT2D eigenvalue weighted by atomic mass is 9.87. The van der Waals surface area contributed by atoms with E-state index in [0.29, 0.717) is 18.8 Å². The minimum Gasteiger partial charge on any atom is -0.383 e. The van der Waals surface area contributed by atoms with Gasteiger partial charge in [-0.15, -0.1) is 11.8 Å². The number of fused-ring (bicyclic) bond motifs is 2. The second kappa shape index (κ2) is 7.32. The topological polar surface area (TPSA) is 55.8 Å². The van der Waals surface area contributed by atoms with Crippen molar-refractivity contribution in [2.45, 2.75) is 43.8 Å². The van der Waals surface area contributed by atoms with Gasteiger partial charge in [0.2, 0.25) is 0 Å². The Balaban J connectivity index is 1.83. The fraction of sp³-hybridized carbons (Fsp3) is 0.545. The summed E-state index contributed by atoms with van der Waals surface area (Å²) in [6.07, 6.45) is 4.19. The van der Waals surface area contributed by atoms with Crippen LogP contribution in [0.3, 0.4) is 0 Å². The summed E-state index contributed by atoms with van der Waals surface area (Å²) in [5.41, 5.74) is 3.75. The van der Waals surface area contributed by atoms with Gasteiger partial charge in [-0.05, 0) is 43.9 Å². The third kappa shape index (κ3) is 3.31. The summed E-state index contributed by atoms with van der Waals surface area (Å²) in [7, 11) is 3.68. The molecule has 5 nitrogen and oxygen atoms in total. The first-order valence-corrected chi connectivity index (χ1v) is 10.8. The fourth-order valence-corrected chi connectivity index (χ4v) is 5.45. The first-order valence-electron chi connectivity index (χ1n) is 9.86. The summed E-state index contributed by atoms with van der Waals surface area (Å²) in [6.45, 7) is 5.10. The maximum absolute atomic E-state index is 13.5. The Morgan fingerprint density at radius 3 is 2.50 bits per heavy atom. The second-order valence-electron chi connectivity index (χ2n) is 8.09. The highest BCUT2D eigenvalue weighted by molar-refractivity contribution is 7.99. The predicted octanol–water partition coefficient (Wildman–Crippen LogP) is 3.61. The van der Waals surface area contributed by atoms with Crippen molar-refractivity contribution in [1.29, 1.82) is 0 Å². The van der Waals surface area contributed by atoms with E-state index < -0.39 is 5.79 Å². The Morgan fingerprint density at radius 2 is 1.89 bits per heavy atom. The monoisotopic (exact) mass is 401 g/mol. The van der Waals surface area contributed by atoms with Gasteiger partial charge in [0.15, 0.2) is 17.4 Å². The summed E-state index contributed by atoms with van der Waals surface area (Å²) in [6, 6.07) is 1.93. The average molecular weight is 402 g/mol. The van der Waals surface area contributed by atoms with Crippen molar-refractivity contribution in [2.75, 3.05) is 33.1 Å². The number of thioether (sulfide) groups is 1. The molecule has 0 atom stereocenters. The summed E-state index contributed by atoms with van der Waals surface area (Å²) < 4.78 is 12.1. The molecular formula is C22H27NO4S. The number of Topliss-reactive ketones (excluding diaryl/α,β-unsaturated/α-hetero) is 2. The molecule has 1 aromatic carbocycles. The number of benzene rings is 1. The molecule has 1 aromatic rings. The molecule has 0 unspecified atom stereocenters. The van der Waals surface area contributed by atoms with E-state index >= 15 is 0 Å². The molecule has 1 spiro atoms. The van der Waals surface area contributed by atoms with Crippen molar-refractivity contribution in [2.24, 2.45) is 5.92 Å². The van der Waals surface area contributed by atoms with Crippen LogP contribution in [0.15, 0.2) is 22.7 Å². The average Bonchev–Trinajstić information content (AvgIpc) is 3.42. The van der Waals surface area contributed by atoms with E-state index in [2.05, 4.69) is 0 Å². The van der Waals surface area contributed by atoms with Crippen LogP contribution in [-0.2, 0) is 20.1 Å². The Bertz CT molecular complexity index is 864. The molecule has 6 heteroatoms. The Hall–Kier alpha value is -1.63. The number of nitrogens with zero attached hydrogens (tertiary/aromatic N) is 1. The van der Waals surface area contributed by atoms with Gasteiger partial charge in [0.05, 0.1) is 18.8 Å². The fourth-order valence-electron chi connectivity index (χ4n) is 4.13. The molecule has 4 rings (SSSR count). The van der Waals surface area contributed by atoms with Gasteiger partial charge in [-0.25, -0.2) is 0 Å². The van der Waals surface area contributed by atoms with E-state index in [4.69, 9.17) is 9.47 Å². The first kappa shape index (κ1) is 19.7. The van der Waals surface area contributed by atoms with Gasteiger partial charge in [-0.3, -0.25) is 9.59 Å². The van der Waals surface area contributed by atoms with E-state index in [9.17, 15) is 9.59 Å². The van der Waals surface area contributed by atoms with Crippen LogP contribution in [0.4, 0.5) is 0 Å². The lowest BCUT2D eigenvalue weighted by Gasteiger charge is -2.36. The van der Waals surface area contributed by atoms with E-state index in [1.165, 1.54) is 0 Å². The van der Waals surface area contributed by atoms with Crippen LogP contribution < -0.4 is 0 Å². The van der Waals surface area contributed by atoms with Crippen LogP contribution in [0.1, 0.15) is 46.3 Å². The zero-order valence-electron chi connectivity index (χ0n) is 17.0. The van der Waals surface area contributed by atoms with E-state index in [1.54, 1.807) is 22.9 Å². The molecule has 1 saturated carbocycles. The quantitative estimate of drug-likeness (QED) is 0.325. The third-order valence-corrected chi connectivity index (χ3v) is 6.85. The van der Waals surface area contributed by atoms with Crippen molar-refractivity contribution in [3.8, 4) is 0 Å². The molecule has 1 aliphatic carbocycles. The van der Waals surface area contributed by atoms with Crippen LogP contribution in [0.2, 0.25) is 0 Å². The van der Waals surface area contributed by atoms with Crippen LogP contribution in [0.25, 0.3) is 0 Å². The smallest absolute Gasteiger partial charge is 0.198 e. The predicted molar refractivity (Wildman–Crippen MR) is 109 cm³/mol. The molecule has 0 aromatic heterocycles. The number of ether oxygens (including phenoxy) is 2. The van der Waals surface area contributed by atoms with Crippen molar-refractivity contribution in [3.05, 3.63) is 40.1 Å². The molecular weight excluding hydrogens is 374 g/mol. The largest absolute Gasteiger partial charge is 0.383 e. The molecule has 0 bridgehead atoms. The summed E-state index contributed by atoms with van der Waals surface area (Å²) in [4.78, 5) is 29.3. The summed E-state index contributed by atoms with van der Waals surface area (Å²) in [5, 5.41) is 0. The van der Waals surface area contributed by atoms with Gasteiger partial charge < -0.3 is 14.4 Å². The van der Waals surface area contributed by atoms with Gasteiger partial charge in [0.25, 0.3) is 0 Å². The lowest BCUT2D eigenvalue weighted by molar-refractivity contribution is -0.170. The van der Waals surface area contributed by atoms with Crippen molar-refractivity contribution in [3.63, 3.8) is 0 Å².